The molecule has 0 saturated carbocycles. The minimum Gasteiger partial charge on any atom is -0.383 e. The minimum absolute atomic E-state index is 0.330. The van der Waals surface area contributed by atoms with Gasteiger partial charge in [0.15, 0.2) is 0 Å². The predicted octanol–water partition coefficient (Wildman–Crippen LogP) is -0.451. The molecule has 1 rings (SSSR count). The third kappa shape index (κ3) is 5.16. The Balaban J connectivity index is 2.59. The van der Waals surface area contributed by atoms with E-state index >= 15 is 0 Å². The molecule has 0 radical (unpaired) electrons. The minimum atomic E-state index is -0.410. The molecule has 6 heteroatoms. The molecule has 0 aromatic carbocycles. The standard InChI is InChI=1S/C13H25N3O3/c1-11(2)10-16(8-9-19-3)13(18)12(17)15-6-4-14-5-7-15/h11,14H,4-10H2,1-3H3. The van der Waals surface area contributed by atoms with Crippen LogP contribution in [0.2, 0.25) is 0 Å². The lowest BCUT2D eigenvalue weighted by Gasteiger charge is -2.30. The number of carbonyl (C=O) groups is 2. The normalized spacial score (nSPS) is 15.7. The number of carbonyl (C=O) groups excluding carboxylic acids is 2. The second kappa shape index (κ2) is 8.12. The molecule has 0 aromatic rings. The van der Waals surface area contributed by atoms with Crippen LogP contribution in [0.4, 0.5) is 0 Å². The van der Waals surface area contributed by atoms with Gasteiger partial charge in [-0.25, -0.2) is 0 Å². The molecule has 1 aliphatic rings. The monoisotopic (exact) mass is 271 g/mol. The van der Waals surface area contributed by atoms with Crippen molar-refractivity contribution in [2.75, 3.05) is 53.0 Å². The number of methoxy groups -OCH3 is 1. The first-order chi connectivity index (χ1) is 9.06. The van der Waals surface area contributed by atoms with E-state index in [1.165, 1.54) is 0 Å². The van der Waals surface area contributed by atoms with Crippen LogP contribution >= 0.6 is 0 Å². The largest absolute Gasteiger partial charge is 0.383 e. The zero-order valence-electron chi connectivity index (χ0n) is 12.1. The average Bonchev–Trinajstić information content (AvgIpc) is 2.42. The lowest BCUT2D eigenvalue weighted by atomic mass is 10.2. The fourth-order valence-electron chi connectivity index (χ4n) is 2.06. The summed E-state index contributed by atoms with van der Waals surface area (Å²) in [5, 5.41) is 3.17. The van der Waals surface area contributed by atoms with Crippen LogP contribution < -0.4 is 5.32 Å². The molecule has 0 aliphatic carbocycles. The highest BCUT2D eigenvalue weighted by molar-refractivity contribution is 6.34. The Morgan fingerprint density at radius 3 is 2.47 bits per heavy atom. The van der Waals surface area contributed by atoms with Crippen molar-refractivity contribution in [1.29, 1.82) is 0 Å². The van der Waals surface area contributed by atoms with Crippen molar-refractivity contribution in [3.05, 3.63) is 0 Å². The van der Waals surface area contributed by atoms with Gasteiger partial charge in [0.25, 0.3) is 0 Å². The van der Waals surface area contributed by atoms with Gasteiger partial charge in [-0.05, 0) is 5.92 Å². The molecule has 1 fully saturated rings. The molecule has 0 unspecified atom stereocenters. The van der Waals surface area contributed by atoms with Crippen LogP contribution in [0.5, 0.6) is 0 Å². The van der Waals surface area contributed by atoms with Gasteiger partial charge in [-0.2, -0.15) is 0 Å². The van der Waals surface area contributed by atoms with Crippen LogP contribution in [0, 0.1) is 5.92 Å². The molecule has 1 heterocycles. The van der Waals surface area contributed by atoms with Gasteiger partial charge < -0.3 is 19.9 Å². The first-order valence-electron chi connectivity index (χ1n) is 6.84. The molecule has 19 heavy (non-hydrogen) atoms. The summed E-state index contributed by atoms with van der Waals surface area (Å²) < 4.78 is 5.00. The quantitative estimate of drug-likeness (QED) is 0.688. The summed E-state index contributed by atoms with van der Waals surface area (Å²) in [4.78, 5) is 27.6. The Morgan fingerprint density at radius 2 is 1.95 bits per heavy atom. The Hall–Kier alpha value is -1.14. The second-order valence-electron chi connectivity index (χ2n) is 5.18. The Bertz CT molecular complexity index is 302. The summed E-state index contributed by atoms with van der Waals surface area (Å²) in [6.45, 7) is 8.26. The maximum absolute atomic E-state index is 12.2. The molecular formula is C13H25N3O3. The Labute approximate surface area is 115 Å². The lowest BCUT2D eigenvalue weighted by molar-refractivity contribution is -0.152. The third-order valence-electron chi connectivity index (χ3n) is 3.03. The van der Waals surface area contributed by atoms with E-state index in [0.29, 0.717) is 38.7 Å². The van der Waals surface area contributed by atoms with Crippen LogP contribution in [0.15, 0.2) is 0 Å². The second-order valence-corrected chi connectivity index (χ2v) is 5.18. The van der Waals surface area contributed by atoms with E-state index in [0.717, 1.165) is 13.1 Å². The number of nitrogens with one attached hydrogen (secondary N) is 1. The van der Waals surface area contributed by atoms with Crippen LogP contribution in [-0.4, -0.2) is 74.6 Å². The van der Waals surface area contributed by atoms with Gasteiger partial charge in [0.1, 0.15) is 0 Å². The van der Waals surface area contributed by atoms with Crippen molar-refractivity contribution in [2.45, 2.75) is 13.8 Å². The van der Waals surface area contributed by atoms with Crippen LogP contribution in [0.3, 0.4) is 0 Å². The highest BCUT2D eigenvalue weighted by atomic mass is 16.5. The van der Waals surface area contributed by atoms with Gasteiger partial charge in [0.05, 0.1) is 6.61 Å². The van der Waals surface area contributed by atoms with E-state index in [4.69, 9.17) is 4.74 Å². The van der Waals surface area contributed by atoms with Crippen molar-refractivity contribution in [2.24, 2.45) is 5.92 Å². The van der Waals surface area contributed by atoms with Gasteiger partial charge in [-0.3, -0.25) is 9.59 Å². The molecule has 0 spiro atoms. The SMILES string of the molecule is COCCN(CC(C)C)C(=O)C(=O)N1CCNCC1. The fourth-order valence-corrected chi connectivity index (χ4v) is 2.06. The molecule has 1 N–H and O–H groups in total. The van der Waals surface area contributed by atoms with Crippen molar-refractivity contribution in [1.82, 2.24) is 15.1 Å². The maximum Gasteiger partial charge on any atom is 0.312 e. The fraction of sp³-hybridized carbons (Fsp3) is 0.846. The van der Waals surface area contributed by atoms with E-state index in [2.05, 4.69) is 5.32 Å². The summed E-state index contributed by atoms with van der Waals surface area (Å²) in [5.41, 5.74) is 0. The number of ether oxygens (including phenoxy) is 1. The zero-order chi connectivity index (χ0) is 14.3. The smallest absolute Gasteiger partial charge is 0.312 e. The van der Waals surface area contributed by atoms with Gasteiger partial charge in [0, 0.05) is 46.4 Å². The summed E-state index contributed by atoms with van der Waals surface area (Å²) in [6, 6.07) is 0. The predicted molar refractivity (Wildman–Crippen MR) is 72.7 cm³/mol. The average molecular weight is 271 g/mol. The van der Waals surface area contributed by atoms with E-state index in [1.807, 2.05) is 13.8 Å². The third-order valence-corrected chi connectivity index (χ3v) is 3.03. The molecule has 1 aliphatic heterocycles. The summed E-state index contributed by atoms with van der Waals surface area (Å²) in [6.07, 6.45) is 0. The first kappa shape index (κ1) is 15.9. The molecule has 0 atom stereocenters. The lowest BCUT2D eigenvalue weighted by Crippen LogP contribution is -2.53. The van der Waals surface area contributed by atoms with E-state index < -0.39 is 11.8 Å². The number of piperazine rings is 1. The van der Waals surface area contributed by atoms with Crippen molar-refractivity contribution >= 4 is 11.8 Å². The summed E-state index contributed by atoms with van der Waals surface area (Å²) >= 11 is 0. The molecule has 0 bridgehead atoms. The molecule has 0 aromatic heterocycles. The maximum atomic E-state index is 12.2. The van der Waals surface area contributed by atoms with Crippen LogP contribution in [0.1, 0.15) is 13.8 Å². The number of rotatable bonds is 5. The van der Waals surface area contributed by atoms with E-state index in [9.17, 15) is 9.59 Å². The Kier molecular flexibility index (Phi) is 6.80. The Morgan fingerprint density at radius 1 is 1.32 bits per heavy atom. The van der Waals surface area contributed by atoms with Crippen molar-refractivity contribution in [3.8, 4) is 0 Å². The molecule has 1 saturated heterocycles. The number of nitrogens with zero attached hydrogens (tertiary/aromatic N) is 2. The van der Waals surface area contributed by atoms with Gasteiger partial charge in [0.2, 0.25) is 0 Å². The molecule has 2 amide bonds. The van der Waals surface area contributed by atoms with Gasteiger partial charge in [-0.1, -0.05) is 13.8 Å². The van der Waals surface area contributed by atoms with Gasteiger partial charge >= 0.3 is 11.8 Å². The highest BCUT2D eigenvalue weighted by Gasteiger charge is 2.27. The van der Waals surface area contributed by atoms with E-state index in [1.54, 1.807) is 16.9 Å². The molecular weight excluding hydrogens is 246 g/mol. The summed E-state index contributed by atoms with van der Waals surface area (Å²) in [5.74, 6) is -0.470. The van der Waals surface area contributed by atoms with Crippen LogP contribution in [0.25, 0.3) is 0 Å². The summed E-state index contributed by atoms with van der Waals surface area (Å²) in [7, 11) is 1.59. The van der Waals surface area contributed by atoms with Crippen LogP contribution in [-0.2, 0) is 14.3 Å². The molecule has 110 valence electrons. The molecule has 6 nitrogen and oxygen atoms in total. The number of amides is 2. The zero-order valence-corrected chi connectivity index (χ0v) is 12.1. The number of hydrogen-bond donors (Lipinski definition) is 1. The number of hydrogen-bond acceptors (Lipinski definition) is 4. The van der Waals surface area contributed by atoms with E-state index in [-0.39, 0.29) is 0 Å². The van der Waals surface area contributed by atoms with Crippen molar-refractivity contribution in [3.63, 3.8) is 0 Å². The highest BCUT2D eigenvalue weighted by Crippen LogP contribution is 2.03. The topological polar surface area (TPSA) is 61.9 Å². The first-order valence-corrected chi connectivity index (χ1v) is 6.84. The van der Waals surface area contributed by atoms with Crippen molar-refractivity contribution < 1.29 is 14.3 Å². The van der Waals surface area contributed by atoms with Gasteiger partial charge in [-0.15, -0.1) is 0 Å².